The zero-order chi connectivity index (χ0) is 14.7. The maximum absolute atomic E-state index is 12.5. The van der Waals surface area contributed by atoms with Gasteiger partial charge in [-0.3, -0.25) is 4.79 Å². The number of anilines is 1. The number of hydrogen-bond acceptors (Lipinski definition) is 5. The number of carbonyl (C=O) groups is 1. The smallest absolute Gasteiger partial charge is 0.272 e. The van der Waals surface area contributed by atoms with E-state index in [2.05, 4.69) is 26.8 Å². The highest BCUT2D eigenvalue weighted by Gasteiger charge is 2.22. The number of amides is 1. The van der Waals surface area contributed by atoms with E-state index >= 15 is 0 Å². The normalized spacial score (nSPS) is 20.6. The summed E-state index contributed by atoms with van der Waals surface area (Å²) in [6.45, 7) is 5.55. The molecule has 0 aromatic carbocycles. The van der Waals surface area contributed by atoms with Gasteiger partial charge < -0.3 is 14.7 Å². The first-order valence-corrected chi connectivity index (χ1v) is 7.80. The minimum Gasteiger partial charge on any atom is -0.338 e. The molecule has 6 heteroatoms. The minimum absolute atomic E-state index is 0.0486. The molecule has 0 radical (unpaired) electrons. The first kappa shape index (κ1) is 14.3. The van der Waals surface area contributed by atoms with Gasteiger partial charge in [0.05, 0.1) is 0 Å². The first-order chi connectivity index (χ1) is 10.2. The zero-order valence-corrected chi connectivity index (χ0v) is 12.7. The number of likely N-dealkylation sites (tertiary alicyclic amines) is 1. The van der Waals surface area contributed by atoms with Crippen molar-refractivity contribution in [3.05, 3.63) is 18.0 Å². The van der Waals surface area contributed by atoms with E-state index in [4.69, 9.17) is 0 Å². The number of carbonyl (C=O) groups excluding carboxylic acids is 1. The highest BCUT2D eigenvalue weighted by Crippen LogP contribution is 2.14. The Hall–Kier alpha value is -1.69. The van der Waals surface area contributed by atoms with Crippen molar-refractivity contribution in [2.45, 2.75) is 19.3 Å². The van der Waals surface area contributed by atoms with E-state index in [0.29, 0.717) is 11.6 Å². The summed E-state index contributed by atoms with van der Waals surface area (Å²) in [7, 11) is 2.12. The monoisotopic (exact) mass is 289 g/mol. The Kier molecular flexibility index (Phi) is 4.34. The van der Waals surface area contributed by atoms with E-state index in [1.54, 1.807) is 12.3 Å². The van der Waals surface area contributed by atoms with Crippen LogP contribution in [0.4, 0.5) is 5.95 Å². The number of nitrogens with zero attached hydrogens (tertiary/aromatic N) is 5. The lowest BCUT2D eigenvalue weighted by Gasteiger charge is -2.32. The van der Waals surface area contributed by atoms with E-state index < -0.39 is 0 Å². The summed E-state index contributed by atoms with van der Waals surface area (Å²) in [6.07, 6.45) is 5.13. The largest absolute Gasteiger partial charge is 0.338 e. The van der Waals surface area contributed by atoms with Crippen molar-refractivity contribution in [2.24, 2.45) is 0 Å². The molecular weight excluding hydrogens is 266 g/mol. The number of rotatable bonds is 2. The van der Waals surface area contributed by atoms with Crippen LogP contribution in [0.2, 0.25) is 0 Å². The highest BCUT2D eigenvalue weighted by molar-refractivity contribution is 5.92. The summed E-state index contributed by atoms with van der Waals surface area (Å²) in [5, 5.41) is 0. The second-order valence-electron chi connectivity index (χ2n) is 5.89. The van der Waals surface area contributed by atoms with E-state index in [9.17, 15) is 4.79 Å². The Morgan fingerprint density at radius 1 is 1.05 bits per heavy atom. The van der Waals surface area contributed by atoms with E-state index in [-0.39, 0.29) is 5.91 Å². The van der Waals surface area contributed by atoms with Gasteiger partial charge >= 0.3 is 0 Å². The van der Waals surface area contributed by atoms with Crippen LogP contribution < -0.4 is 4.90 Å². The molecule has 21 heavy (non-hydrogen) atoms. The van der Waals surface area contributed by atoms with Gasteiger partial charge in [0, 0.05) is 45.5 Å². The van der Waals surface area contributed by atoms with Crippen LogP contribution >= 0.6 is 0 Å². The SMILES string of the molecule is CN1CCN(c2nccc(C(=O)N3CCCCC3)n2)CC1. The van der Waals surface area contributed by atoms with Crippen molar-refractivity contribution in [3.8, 4) is 0 Å². The molecule has 0 aliphatic carbocycles. The standard InChI is InChI=1S/C15H23N5O/c1-18-9-11-20(12-10-18)15-16-6-5-13(17-15)14(21)19-7-3-2-4-8-19/h5-6H,2-4,7-12H2,1H3. The topological polar surface area (TPSA) is 52.6 Å². The summed E-state index contributed by atoms with van der Waals surface area (Å²) in [5.74, 6) is 0.735. The zero-order valence-electron chi connectivity index (χ0n) is 12.7. The second-order valence-corrected chi connectivity index (χ2v) is 5.89. The number of piperidine rings is 1. The third-order valence-corrected chi connectivity index (χ3v) is 4.29. The molecule has 0 unspecified atom stereocenters. The van der Waals surface area contributed by atoms with Crippen LogP contribution in [0.1, 0.15) is 29.8 Å². The number of piperazine rings is 1. The lowest BCUT2D eigenvalue weighted by molar-refractivity contribution is 0.0718. The Labute approximate surface area is 125 Å². The summed E-state index contributed by atoms with van der Waals surface area (Å²) in [4.78, 5) is 27.7. The summed E-state index contributed by atoms with van der Waals surface area (Å²) in [6, 6.07) is 1.73. The van der Waals surface area contributed by atoms with Gasteiger partial charge in [-0.15, -0.1) is 0 Å². The van der Waals surface area contributed by atoms with Gasteiger partial charge in [-0.1, -0.05) is 0 Å². The van der Waals surface area contributed by atoms with Crippen LogP contribution in [0.5, 0.6) is 0 Å². The average molecular weight is 289 g/mol. The molecular formula is C15H23N5O. The lowest BCUT2D eigenvalue weighted by Crippen LogP contribution is -2.45. The van der Waals surface area contributed by atoms with Crippen LogP contribution in [0.3, 0.4) is 0 Å². The van der Waals surface area contributed by atoms with Gasteiger partial charge in [-0.25, -0.2) is 9.97 Å². The molecule has 1 amide bonds. The molecule has 0 bridgehead atoms. The Balaban J connectivity index is 1.71. The minimum atomic E-state index is 0.0486. The molecule has 2 saturated heterocycles. The number of aromatic nitrogens is 2. The fourth-order valence-corrected chi connectivity index (χ4v) is 2.89. The average Bonchev–Trinajstić information content (AvgIpc) is 2.56. The predicted molar refractivity (Wildman–Crippen MR) is 81.5 cm³/mol. The quantitative estimate of drug-likeness (QED) is 0.808. The van der Waals surface area contributed by atoms with Gasteiger partial charge in [0.15, 0.2) is 0 Å². The fraction of sp³-hybridized carbons (Fsp3) is 0.667. The maximum Gasteiger partial charge on any atom is 0.272 e. The summed E-state index contributed by atoms with van der Waals surface area (Å²) >= 11 is 0. The van der Waals surface area contributed by atoms with Crippen molar-refractivity contribution < 1.29 is 4.79 Å². The number of hydrogen-bond donors (Lipinski definition) is 0. The van der Waals surface area contributed by atoms with Crippen molar-refractivity contribution in [1.29, 1.82) is 0 Å². The highest BCUT2D eigenvalue weighted by atomic mass is 16.2. The molecule has 114 valence electrons. The third kappa shape index (κ3) is 3.32. The van der Waals surface area contributed by atoms with Crippen LogP contribution in [-0.2, 0) is 0 Å². The van der Waals surface area contributed by atoms with E-state index in [0.717, 1.165) is 52.1 Å². The fourth-order valence-electron chi connectivity index (χ4n) is 2.89. The Bertz CT molecular complexity index is 493. The van der Waals surface area contributed by atoms with Gasteiger partial charge in [0.2, 0.25) is 5.95 Å². The maximum atomic E-state index is 12.5. The van der Waals surface area contributed by atoms with Crippen molar-refractivity contribution in [3.63, 3.8) is 0 Å². The van der Waals surface area contributed by atoms with Crippen molar-refractivity contribution in [2.75, 3.05) is 51.2 Å². The molecule has 2 fully saturated rings. The van der Waals surface area contributed by atoms with Crippen LogP contribution in [0.15, 0.2) is 12.3 Å². The van der Waals surface area contributed by atoms with Crippen molar-refractivity contribution >= 4 is 11.9 Å². The Morgan fingerprint density at radius 2 is 1.76 bits per heavy atom. The third-order valence-electron chi connectivity index (χ3n) is 4.29. The van der Waals surface area contributed by atoms with Gasteiger partial charge in [-0.2, -0.15) is 0 Å². The van der Waals surface area contributed by atoms with E-state index in [1.807, 2.05) is 4.90 Å². The molecule has 2 aliphatic rings. The molecule has 0 spiro atoms. The molecule has 2 aliphatic heterocycles. The molecule has 6 nitrogen and oxygen atoms in total. The van der Waals surface area contributed by atoms with Crippen molar-refractivity contribution in [1.82, 2.24) is 19.8 Å². The van der Waals surface area contributed by atoms with Gasteiger partial charge in [0.25, 0.3) is 5.91 Å². The second kappa shape index (κ2) is 6.39. The number of likely N-dealkylation sites (N-methyl/N-ethyl adjacent to an activating group) is 1. The predicted octanol–water partition coefficient (Wildman–Crippen LogP) is 0.854. The first-order valence-electron chi connectivity index (χ1n) is 7.80. The van der Waals surface area contributed by atoms with Crippen LogP contribution in [-0.4, -0.2) is 72.0 Å². The van der Waals surface area contributed by atoms with Gasteiger partial charge in [0.1, 0.15) is 5.69 Å². The lowest BCUT2D eigenvalue weighted by atomic mass is 10.1. The van der Waals surface area contributed by atoms with Crippen LogP contribution in [0.25, 0.3) is 0 Å². The summed E-state index contributed by atoms with van der Waals surface area (Å²) in [5.41, 5.74) is 0.529. The van der Waals surface area contributed by atoms with Gasteiger partial charge in [-0.05, 0) is 32.4 Å². The van der Waals surface area contributed by atoms with E-state index in [1.165, 1.54) is 6.42 Å². The molecule has 1 aromatic heterocycles. The molecule has 3 rings (SSSR count). The Morgan fingerprint density at radius 3 is 2.48 bits per heavy atom. The van der Waals surface area contributed by atoms with Crippen LogP contribution in [0, 0.1) is 0 Å². The molecule has 3 heterocycles. The molecule has 0 N–H and O–H groups in total. The summed E-state index contributed by atoms with van der Waals surface area (Å²) < 4.78 is 0. The molecule has 0 atom stereocenters. The molecule has 1 aromatic rings. The molecule has 0 saturated carbocycles.